The molecule has 1 saturated carbocycles. The molecule has 1 aliphatic carbocycles. The standard InChI is InChI=1S/C22H38O5/c1-2-3-8-11-17(23)14-15-19-18(20(24)16-21(19)25)12-9-6-4-5-7-10-13-22(26)27/h6,9,18-21,24-25H,2-5,7-8,10-16H2,1H3,(H,26,27)/b9-6-/t18-,19-,20-,21-/m1/s1. The molecule has 1 fully saturated rings. The summed E-state index contributed by atoms with van der Waals surface area (Å²) < 4.78 is 0. The van der Waals surface area contributed by atoms with Crippen LogP contribution in [0.5, 0.6) is 0 Å². The zero-order valence-corrected chi connectivity index (χ0v) is 16.8. The summed E-state index contributed by atoms with van der Waals surface area (Å²) in [7, 11) is 0. The molecule has 0 aromatic rings. The summed E-state index contributed by atoms with van der Waals surface area (Å²) in [5.74, 6) is -0.455. The van der Waals surface area contributed by atoms with Gasteiger partial charge in [0.2, 0.25) is 0 Å². The molecule has 1 rings (SSSR count). The number of carbonyl (C=O) groups excluding carboxylic acids is 1. The van der Waals surface area contributed by atoms with Gasteiger partial charge in [-0.25, -0.2) is 0 Å². The largest absolute Gasteiger partial charge is 0.481 e. The van der Waals surface area contributed by atoms with Gasteiger partial charge in [0.25, 0.3) is 0 Å². The number of carboxylic acids is 1. The third-order valence-corrected chi connectivity index (χ3v) is 5.67. The first kappa shape index (κ1) is 23.8. The normalized spacial score (nSPS) is 25.3. The lowest BCUT2D eigenvalue weighted by Gasteiger charge is -2.22. The highest BCUT2D eigenvalue weighted by molar-refractivity contribution is 5.78. The average molecular weight is 383 g/mol. The van der Waals surface area contributed by atoms with E-state index in [0.717, 1.165) is 44.9 Å². The van der Waals surface area contributed by atoms with Crippen LogP contribution in [0.1, 0.15) is 90.4 Å². The minimum atomic E-state index is -0.741. The highest BCUT2D eigenvalue weighted by Gasteiger charge is 2.40. The molecule has 0 aromatic carbocycles. The van der Waals surface area contributed by atoms with Gasteiger partial charge in [-0.1, -0.05) is 38.3 Å². The maximum atomic E-state index is 12.0. The first-order chi connectivity index (χ1) is 13.0. The monoisotopic (exact) mass is 382 g/mol. The zero-order chi connectivity index (χ0) is 20.1. The number of aliphatic carboxylic acids is 1. The second-order valence-electron chi connectivity index (χ2n) is 7.93. The van der Waals surface area contributed by atoms with Crippen molar-refractivity contribution in [2.24, 2.45) is 11.8 Å². The second kappa shape index (κ2) is 13.9. The summed E-state index contributed by atoms with van der Waals surface area (Å²) in [6, 6.07) is 0. The summed E-state index contributed by atoms with van der Waals surface area (Å²) in [5.41, 5.74) is 0. The number of allylic oxidation sites excluding steroid dienone is 2. The molecule has 0 aromatic heterocycles. The zero-order valence-electron chi connectivity index (χ0n) is 16.8. The van der Waals surface area contributed by atoms with E-state index in [9.17, 15) is 19.8 Å². The number of rotatable bonds is 15. The molecule has 5 nitrogen and oxygen atoms in total. The Morgan fingerprint density at radius 2 is 1.59 bits per heavy atom. The Balaban J connectivity index is 2.30. The van der Waals surface area contributed by atoms with Crippen LogP contribution in [0.4, 0.5) is 0 Å². The van der Waals surface area contributed by atoms with Gasteiger partial charge in [0.15, 0.2) is 0 Å². The summed E-state index contributed by atoms with van der Waals surface area (Å²) >= 11 is 0. The number of ketones is 1. The number of aliphatic hydroxyl groups is 2. The van der Waals surface area contributed by atoms with Crippen molar-refractivity contribution in [1.82, 2.24) is 0 Å². The smallest absolute Gasteiger partial charge is 0.303 e. The topological polar surface area (TPSA) is 94.8 Å². The second-order valence-corrected chi connectivity index (χ2v) is 7.93. The Hall–Kier alpha value is -1.20. The number of aliphatic hydroxyl groups excluding tert-OH is 2. The fourth-order valence-electron chi connectivity index (χ4n) is 4.02. The van der Waals surface area contributed by atoms with Gasteiger partial charge in [-0.15, -0.1) is 0 Å². The first-order valence-corrected chi connectivity index (χ1v) is 10.7. The maximum Gasteiger partial charge on any atom is 0.303 e. The molecular weight excluding hydrogens is 344 g/mol. The molecule has 27 heavy (non-hydrogen) atoms. The number of carbonyl (C=O) groups is 2. The quantitative estimate of drug-likeness (QED) is 0.291. The van der Waals surface area contributed by atoms with Crippen LogP contribution in [-0.4, -0.2) is 39.3 Å². The van der Waals surface area contributed by atoms with Crippen molar-refractivity contribution in [3.63, 3.8) is 0 Å². The van der Waals surface area contributed by atoms with Gasteiger partial charge in [-0.2, -0.15) is 0 Å². The lowest BCUT2D eigenvalue weighted by molar-refractivity contribution is -0.137. The minimum absolute atomic E-state index is 0.00431. The minimum Gasteiger partial charge on any atom is -0.481 e. The van der Waals surface area contributed by atoms with Crippen molar-refractivity contribution in [1.29, 1.82) is 0 Å². The summed E-state index contributed by atoms with van der Waals surface area (Å²) in [6.45, 7) is 2.12. The van der Waals surface area contributed by atoms with Gasteiger partial charge < -0.3 is 15.3 Å². The fraction of sp³-hybridized carbons (Fsp3) is 0.818. The van der Waals surface area contributed by atoms with Crippen LogP contribution in [0.2, 0.25) is 0 Å². The lowest BCUT2D eigenvalue weighted by atomic mass is 9.86. The molecule has 0 unspecified atom stereocenters. The van der Waals surface area contributed by atoms with Gasteiger partial charge in [0.05, 0.1) is 12.2 Å². The SMILES string of the molecule is CCCCCC(=O)CC[C@@H]1[C@@H](C/C=C\CCCCCC(=O)O)[C@H](O)C[C@H]1O. The number of hydrogen-bond acceptors (Lipinski definition) is 4. The average Bonchev–Trinajstić information content (AvgIpc) is 2.88. The molecule has 4 atom stereocenters. The Bertz CT molecular complexity index is 460. The van der Waals surface area contributed by atoms with Gasteiger partial charge in [0, 0.05) is 19.3 Å². The lowest BCUT2D eigenvalue weighted by Crippen LogP contribution is -2.22. The molecule has 0 saturated heterocycles. The van der Waals surface area contributed by atoms with Crippen molar-refractivity contribution >= 4 is 11.8 Å². The molecule has 5 heteroatoms. The molecule has 0 radical (unpaired) electrons. The van der Waals surface area contributed by atoms with Gasteiger partial charge in [0.1, 0.15) is 5.78 Å². The highest BCUT2D eigenvalue weighted by Crippen LogP contribution is 2.38. The van der Waals surface area contributed by atoms with E-state index in [1.807, 2.05) is 0 Å². The van der Waals surface area contributed by atoms with E-state index in [-0.39, 0.29) is 24.0 Å². The van der Waals surface area contributed by atoms with Crippen LogP contribution >= 0.6 is 0 Å². The van der Waals surface area contributed by atoms with Crippen molar-refractivity contribution < 1.29 is 24.9 Å². The Morgan fingerprint density at radius 1 is 0.889 bits per heavy atom. The maximum absolute atomic E-state index is 12.0. The van der Waals surface area contributed by atoms with Crippen molar-refractivity contribution in [2.75, 3.05) is 0 Å². The molecule has 0 heterocycles. The van der Waals surface area contributed by atoms with E-state index in [2.05, 4.69) is 19.1 Å². The first-order valence-electron chi connectivity index (χ1n) is 10.7. The highest BCUT2D eigenvalue weighted by atomic mass is 16.4. The molecular formula is C22H38O5. The van der Waals surface area contributed by atoms with E-state index < -0.39 is 18.2 Å². The van der Waals surface area contributed by atoms with E-state index in [0.29, 0.717) is 32.1 Å². The molecule has 1 aliphatic rings. The molecule has 0 amide bonds. The van der Waals surface area contributed by atoms with Crippen LogP contribution < -0.4 is 0 Å². The Morgan fingerprint density at radius 3 is 2.30 bits per heavy atom. The van der Waals surface area contributed by atoms with Crippen LogP contribution in [-0.2, 0) is 9.59 Å². The molecule has 0 bridgehead atoms. The Labute approximate surface area is 163 Å². The number of carboxylic acid groups (broad SMARTS) is 1. The molecule has 156 valence electrons. The number of unbranched alkanes of at least 4 members (excludes halogenated alkanes) is 5. The summed E-state index contributed by atoms with van der Waals surface area (Å²) in [4.78, 5) is 22.5. The predicted molar refractivity (Wildman–Crippen MR) is 106 cm³/mol. The third-order valence-electron chi connectivity index (χ3n) is 5.67. The van der Waals surface area contributed by atoms with Gasteiger partial charge in [-0.3, -0.25) is 9.59 Å². The van der Waals surface area contributed by atoms with E-state index in [1.54, 1.807) is 0 Å². The summed E-state index contributed by atoms with van der Waals surface area (Å²) in [5, 5.41) is 29.1. The van der Waals surface area contributed by atoms with Crippen molar-refractivity contribution in [2.45, 2.75) is 103 Å². The van der Waals surface area contributed by atoms with Crippen LogP contribution in [0.3, 0.4) is 0 Å². The van der Waals surface area contributed by atoms with E-state index in [1.165, 1.54) is 0 Å². The van der Waals surface area contributed by atoms with E-state index in [4.69, 9.17) is 5.11 Å². The van der Waals surface area contributed by atoms with Crippen molar-refractivity contribution in [3.8, 4) is 0 Å². The number of Topliss-reactive ketones (excluding diaryl/α,β-unsaturated/α-hetero) is 1. The van der Waals surface area contributed by atoms with Crippen molar-refractivity contribution in [3.05, 3.63) is 12.2 Å². The van der Waals surface area contributed by atoms with Gasteiger partial charge >= 0.3 is 5.97 Å². The van der Waals surface area contributed by atoms with Crippen LogP contribution in [0.25, 0.3) is 0 Å². The molecule has 0 aliphatic heterocycles. The Kier molecular flexibility index (Phi) is 12.3. The van der Waals surface area contributed by atoms with Crippen LogP contribution in [0.15, 0.2) is 12.2 Å². The molecule has 0 spiro atoms. The summed E-state index contributed by atoms with van der Waals surface area (Å²) in [6.07, 6.45) is 12.9. The predicted octanol–water partition coefficient (Wildman–Crippen LogP) is 4.26. The third kappa shape index (κ3) is 10.1. The van der Waals surface area contributed by atoms with Crippen LogP contribution in [0, 0.1) is 11.8 Å². The van der Waals surface area contributed by atoms with Gasteiger partial charge in [-0.05, 0) is 56.8 Å². The molecule has 3 N–H and O–H groups in total. The van der Waals surface area contributed by atoms with E-state index >= 15 is 0 Å². The fourth-order valence-corrected chi connectivity index (χ4v) is 4.02. The number of hydrogen-bond donors (Lipinski definition) is 3.